The summed E-state index contributed by atoms with van der Waals surface area (Å²) in [6, 6.07) is 3.82. The maximum atomic E-state index is 12.5. The van der Waals surface area contributed by atoms with E-state index in [1.807, 2.05) is 33.8 Å². The van der Waals surface area contributed by atoms with Crippen molar-refractivity contribution in [3.05, 3.63) is 27.2 Å². The van der Waals surface area contributed by atoms with Crippen LogP contribution in [0.1, 0.15) is 49.9 Å². The number of rotatable bonds is 2. The van der Waals surface area contributed by atoms with Crippen molar-refractivity contribution >= 4 is 22.0 Å². The van der Waals surface area contributed by atoms with Crippen LogP contribution in [0, 0.1) is 18.3 Å². The molecule has 0 aromatic heterocycles. The first-order chi connectivity index (χ1) is 10.7. The molecule has 124 valence electrons. The number of hydrogen-bond acceptors (Lipinski definition) is 4. The van der Waals surface area contributed by atoms with Gasteiger partial charge >= 0.3 is 6.09 Å². The average Bonchev–Trinajstić information content (AvgIpc) is 2.76. The summed E-state index contributed by atoms with van der Waals surface area (Å²) in [7, 11) is 1.61. The molecule has 0 spiro atoms. The quantitative estimate of drug-likeness (QED) is 0.758. The van der Waals surface area contributed by atoms with E-state index in [0.29, 0.717) is 6.54 Å². The smallest absolute Gasteiger partial charge is 0.411 e. The van der Waals surface area contributed by atoms with Crippen LogP contribution in [-0.2, 0) is 11.3 Å². The number of ether oxygens (including phenoxy) is 2. The van der Waals surface area contributed by atoms with Gasteiger partial charge in [0.05, 0.1) is 36.7 Å². The molecule has 0 N–H and O–H groups in total. The van der Waals surface area contributed by atoms with E-state index in [1.54, 1.807) is 12.0 Å². The third-order valence-corrected chi connectivity index (χ3v) is 4.36. The van der Waals surface area contributed by atoms with Crippen molar-refractivity contribution in [1.82, 2.24) is 4.90 Å². The van der Waals surface area contributed by atoms with Crippen molar-refractivity contribution in [3.8, 4) is 11.8 Å². The van der Waals surface area contributed by atoms with Crippen LogP contribution in [0.5, 0.6) is 5.75 Å². The van der Waals surface area contributed by atoms with E-state index in [0.717, 1.165) is 26.9 Å². The maximum absolute atomic E-state index is 12.5. The summed E-state index contributed by atoms with van der Waals surface area (Å²) in [5.41, 5.74) is 2.37. The number of fused-ring (bicyclic) bond motifs is 1. The number of amides is 1. The fourth-order valence-corrected chi connectivity index (χ4v) is 3.68. The van der Waals surface area contributed by atoms with Crippen molar-refractivity contribution in [1.29, 1.82) is 5.26 Å². The van der Waals surface area contributed by atoms with Crippen LogP contribution in [0.15, 0.2) is 10.5 Å². The fourth-order valence-electron chi connectivity index (χ4n) is 2.94. The molecule has 1 aliphatic heterocycles. The van der Waals surface area contributed by atoms with Crippen molar-refractivity contribution in [2.75, 3.05) is 7.11 Å². The molecular formula is C17H21BrN2O3. The Morgan fingerprint density at radius 2 is 2.17 bits per heavy atom. The highest BCUT2D eigenvalue weighted by Gasteiger charge is 2.38. The second-order valence-corrected chi connectivity index (χ2v) is 7.43. The van der Waals surface area contributed by atoms with E-state index in [4.69, 9.17) is 9.47 Å². The van der Waals surface area contributed by atoms with Gasteiger partial charge in [-0.3, -0.25) is 4.90 Å². The number of benzene rings is 1. The third-order valence-electron chi connectivity index (χ3n) is 3.78. The standard InChI is InChI=1S/C17H21BrN2O3/c1-10-14-11(8-12(18)15(10)22-5)9-20(13(14)6-7-19)16(21)23-17(2,3)4/h8,13H,6,9H2,1-5H3. The Morgan fingerprint density at radius 1 is 1.52 bits per heavy atom. The lowest BCUT2D eigenvalue weighted by Crippen LogP contribution is -2.35. The summed E-state index contributed by atoms with van der Waals surface area (Å²) in [6.45, 7) is 7.88. The fraction of sp³-hybridized carbons (Fsp3) is 0.529. The highest BCUT2D eigenvalue weighted by molar-refractivity contribution is 9.10. The van der Waals surface area contributed by atoms with Gasteiger partial charge in [0.1, 0.15) is 11.4 Å². The van der Waals surface area contributed by atoms with Gasteiger partial charge in [-0.05, 0) is 66.4 Å². The molecule has 0 bridgehead atoms. The Balaban J connectivity index is 2.45. The minimum atomic E-state index is -0.573. The SMILES string of the molecule is COc1c(Br)cc2c(c1C)C(CC#N)N(C(=O)OC(C)(C)C)C2. The Kier molecular flexibility index (Phi) is 4.90. The van der Waals surface area contributed by atoms with Gasteiger partial charge in [0.2, 0.25) is 0 Å². The summed E-state index contributed by atoms with van der Waals surface area (Å²) in [5.74, 6) is 0.734. The van der Waals surface area contributed by atoms with Crippen molar-refractivity contribution in [2.45, 2.75) is 52.3 Å². The number of carbonyl (C=O) groups is 1. The molecule has 1 unspecified atom stereocenters. The largest absolute Gasteiger partial charge is 0.495 e. The van der Waals surface area contributed by atoms with E-state index in [9.17, 15) is 10.1 Å². The van der Waals surface area contributed by atoms with Crippen LogP contribution in [0.2, 0.25) is 0 Å². The zero-order valence-corrected chi connectivity index (χ0v) is 15.7. The number of methoxy groups -OCH3 is 1. The number of halogens is 1. The van der Waals surface area contributed by atoms with Crippen LogP contribution < -0.4 is 4.74 Å². The Bertz CT molecular complexity index is 674. The first kappa shape index (κ1) is 17.6. The molecule has 1 atom stereocenters. The van der Waals surface area contributed by atoms with Gasteiger partial charge in [-0.25, -0.2) is 4.79 Å². The van der Waals surface area contributed by atoms with E-state index in [1.165, 1.54) is 0 Å². The minimum absolute atomic E-state index is 0.220. The molecular weight excluding hydrogens is 360 g/mol. The molecule has 2 rings (SSSR count). The molecule has 0 aliphatic carbocycles. The zero-order chi connectivity index (χ0) is 17.4. The molecule has 1 aromatic carbocycles. The maximum Gasteiger partial charge on any atom is 0.411 e. The van der Waals surface area contributed by atoms with Crippen LogP contribution in [0.4, 0.5) is 4.79 Å². The molecule has 0 radical (unpaired) electrons. The molecule has 1 amide bonds. The molecule has 0 fully saturated rings. The van der Waals surface area contributed by atoms with E-state index in [2.05, 4.69) is 22.0 Å². The van der Waals surface area contributed by atoms with Crippen molar-refractivity contribution < 1.29 is 14.3 Å². The Morgan fingerprint density at radius 3 is 2.70 bits per heavy atom. The number of nitrogens with zero attached hydrogens (tertiary/aromatic N) is 2. The summed E-state index contributed by atoms with van der Waals surface area (Å²) >= 11 is 3.50. The lowest BCUT2D eigenvalue weighted by atomic mass is 9.96. The molecule has 6 heteroatoms. The van der Waals surface area contributed by atoms with Crippen LogP contribution in [0.3, 0.4) is 0 Å². The van der Waals surface area contributed by atoms with Crippen LogP contribution in [0.25, 0.3) is 0 Å². The summed E-state index contributed by atoms with van der Waals surface area (Å²) < 4.78 is 11.8. The topological polar surface area (TPSA) is 62.6 Å². The normalized spacial score (nSPS) is 16.7. The zero-order valence-electron chi connectivity index (χ0n) is 14.1. The van der Waals surface area contributed by atoms with Crippen molar-refractivity contribution in [2.24, 2.45) is 0 Å². The summed E-state index contributed by atoms with van der Waals surface area (Å²) in [4.78, 5) is 14.1. The van der Waals surface area contributed by atoms with E-state index >= 15 is 0 Å². The summed E-state index contributed by atoms with van der Waals surface area (Å²) in [6.07, 6.45) is -0.179. The second-order valence-electron chi connectivity index (χ2n) is 6.58. The van der Waals surface area contributed by atoms with Gasteiger partial charge in [0, 0.05) is 0 Å². The molecule has 0 saturated heterocycles. The molecule has 1 heterocycles. The van der Waals surface area contributed by atoms with Gasteiger partial charge in [-0.2, -0.15) is 5.26 Å². The van der Waals surface area contributed by atoms with Gasteiger partial charge < -0.3 is 9.47 Å². The lowest BCUT2D eigenvalue weighted by molar-refractivity contribution is 0.0175. The van der Waals surface area contributed by atoms with Gasteiger partial charge in [-0.15, -0.1) is 0 Å². The van der Waals surface area contributed by atoms with Crippen LogP contribution >= 0.6 is 15.9 Å². The van der Waals surface area contributed by atoms with Gasteiger partial charge in [0.25, 0.3) is 0 Å². The molecule has 23 heavy (non-hydrogen) atoms. The first-order valence-electron chi connectivity index (χ1n) is 7.42. The Labute approximate surface area is 145 Å². The summed E-state index contributed by atoms with van der Waals surface area (Å²) in [5, 5.41) is 9.19. The molecule has 5 nitrogen and oxygen atoms in total. The van der Waals surface area contributed by atoms with Gasteiger partial charge in [0.15, 0.2) is 0 Å². The van der Waals surface area contributed by atoms with Crippen LogP contribution in [-0.4, -0.2) is 23.7 Å². The van der Waals surface area contributed by atoms with Crippen molar-refractivity contribution in [3.63, 3.8) is 0 Å². The molecule has 1 aliphatic rings. The number of hydrogen-bond donors (Lipinski definition) is 0. The number of carbonyl (C=O) groups excluding carboxylic acids is 1. The molecule has 0 saturated carbocycles. The number of nitriles is 1. The highest BCUT2D eigenvalue weighted by atomic mass is 79.9. The third kappa shape index (κ3) is 3.45. The lowest BCUT2D eigenvalue weighted by Gasteiger charge is -2.28. The predicted molar refractivity (Wildman–Crippen MR) is 90.2 cm³/mol. The van der Waals surface area contributed by atoms with E-state index < -0.39 is 11.7 Å². The van der Waals surface area contributed by atoms with E-state index in [-0.39, 0.29) is 12.5 Å². The van der Waals surface area contributed by atoms with Gasteiger partial charge in [-0.1, -0.05) is 0 Å². The first-order valence-corrected chi connectivity index (χ1v) is 8.21. The predicted octanol–water partition coefficient (Wildman–Crippen LogP) is 4.47. The minimum Gasteiger partial charge on any atom is -0.495 e. The Hall–Kier alpha value is -1.74. The molecule has 1 aromatic rings. The average molecular weight is 381 g/mol. The highest BCUT2D eigenvalue weighted by Crippen LogP contribution is 2.44. The second kappa shape index (κ2) is 6.40. The monoisotopic (exact) mass is 380 g/mol.